The van der Waals surface area contributed by atoms with Crippen molar-refractivity contribution in [2.24, 2.45) is 0 Å². The van der Waals surface area contributed by atoms with Crippen molar-refractivity contribution in [2.45, 2.75) is 25.8 Å². The van der Waals surface area contributed by atoms with E-state index in [-0.39, 0.29) is 30.2 Å². The van der Waals surface area contributed by atoms with Crippen molar-refractivity contribution >= 4 is 70.9 Å². The Hall–Kier alpha value is -1.01. The molecule has 27 heavy (non-hydrogen) atoms. The van der Waals surface area contributed by atoms with E-state index >= 15 is 0 Å². The smallest absolute Gasteiger partial charge is 0.284 e. The SMILES string of the molecule is CC(C)(CC(=O)c1ccc(Cl)cc1)N(Cl)N(Cl)C(=O)c1cccc(Cl)c1.Cl. The van der Waals surface area contributed by atoms with E-state index < -0.39 is 11.4 Å². The second-order valence-corrected chi connectivity index (χ2v) is 7.77. The predicted molar refractivity (Wildman–Crippen MR) is 113 cm³/mol. The number of hydrogen-bond acceptors (Lipinski definition) is 3. The summed E-state index contributed by atoms with van der Waals surface area (Å²) >= 11 is 24.1. The van der Waals surface area contributed by atoms with Crippen LogP contribution in [0.2, 0.25) is 10.0 Å². The molecule has 0 radical (unpaired) electrons. The summed E-state index contributed by atoms with van der Waals surface area (Å²) < 4.78 is 1.74. The first kappa shape index (κ1) is 24.0. The van der Waals surface area contributed by atoms with E-state index in [0.29, 0.717) is 15.6 Å². The highest BCUT2D eigenvalue weighted by Crippen LogP contribution is 2.28. The molecule has 2 aromatic carbocycles. The first-order chi connectivity index (χ1) is 12.1. The minimum Gasteiger partial charge on any atom is -0.294 e. The first-order valence-electron chi connectivity index (χ1n) is 7.62. The van der Waals surface area contributed by atoms with Crippen LogP contribution >= 0.6 is 59.2 Å². The van der Waals surface area contributed by atoms with Crippen LogP contribution in [0.3, 0.4) is 0 Å². The average Bonchev–Trinajstić information content (AvgIpc) is 2.60. The maximum absolute atomic E-state index is 12.5. The summed E-state index contributed by atoms with van der Waals surface area (Å²) in [5.74, 6) is -0.714. The minimum absolute atomic E-state index is 0. The molecule has 0 aliphatic carbocycles. The third kappa shape index (κ3) is 6.24. The lowest BCUT2D eigenvalue weighted by Crippen LogP contribution is -2.48. The summed E-state index contributed by atoms with van der Waals surface area (Å²) in [6, 6.07) is 12.9. The zero-order valence-corrected chi connectivity index (χ0v) is 18.3. The highest BCUT2D eigenvalue weighted by Gasteiger charge is 2.35. The summed E-state index contributed by atoms with van der Waals surface area (Å²) in [4.78, 5) is 25.0. The van der Waals surface area contributed by atoms with E-state index in [0.717, 1.165) is 9.06 Å². The number of ketones is 1. The Morgan fingerprint density at radius 1 is 0.926 bits per heavy atom. The predicted octanol–water partition coefficient (Wildman–Crippen LogP) is 6.43. The van der Waals surface area contributed by atoms with Crippen molar-refractivity contribution in [1.82, 2.24) is 9.06 Å². The van der Waals surface area contributed by atoms with Gasteiger partial charge in [-0.05, 0) is 56.3 Å². The molecule has 2 rings (SSSR count). The number of benzene rings is 2. The molecule has 0 N–H and O–H groups in total. The van der Waals surface area contributed by atoms with Crippen LogP contribution in [0.4, 0.5) is 0 Å². The molecular weight excluding hydrogens is 453 g/mol. The molecule has 0 bridgehead atoms. The van der Waals surface area contributed by atoms with E-state index in [9.17, 15) is 9.59 Å². The monoisotopic (exact) mass is 468 g/mol. The molecule has 0 saturated heterocycles. The highest BCUT2D eigenvalue weighted by molar-refractivity contribution is 6.31. The summed E-state index contributed by atoms with van der Waals surface area (Å²) in [6.07, 6.45) is 0.0319. The molecule has 4 nitrogen and oxygen atoms in total. The first-order valence-corrected chi connectivity index (χ1v) is 9.05. The number of hydrogen-bond donors (Lipinski definition) is 0. The van der Waals surface area contributed by atoms with Gasteiger partial charge < -0.3 is 0 Å². The lowest BCUT2D eigenvalue weighted by atomic mass is 9.95. The second kappa shape index (κ2) is 9.97. The number of hydrazine groups is 1. The Morgan fingerprint density at radius 2 is 1.52 bits per heavy atom. The van der Waals surface area contributed by atoms with Crippen molar-refractivity contribution < 1.29 is 9.59 Å². The molecule has 0 heterocycles. The molecule has 146 valence electrons. The van der Waals surface area contributed by atoms with Gasteiger partial charge in [-0.15, -0.1) is 16.9 Å². The maximum atomic E-state index is 12.5. The Balaban J connectivity index is 0.00000364. The number of carbonyl (C=O) groups is 2. The van der Waals surface area contributed by atoms with Gasteiger partial charge in [0.2, 0.25) is 0 Å². The number of rotatable bonds is 6. The highest BCUT2D eigenvalue weighted by atomic mass is 35.5. The Kier molecular flexibility index (Phi) is 8.87. The van der Waals surface area contributed by atoms with Gasteiger partial charge in [-0.1, -0.05) is 29.3 Å². The van der Waals surface area contributed by atoms with Gasteiger partial charge in [-0.2, -0.15) is 4.53 Å². The van der Waals surface area contributed by atoms with Crippen LogP contribution in [-0.2, 0) is 0 Å². The van der Waals surface area contributed by atoms with E-state index in [1.807, 2.05) is 0 Å². The van der Waals surface area contributed by atoms with Crippen LogP contribution in [0, 0.1) is 0 Å². The molecule has 0 aliphatic heterocycles. The van der Waals surface area contributed by atoms with Gasteiger partial charge in [0.25, 0.3) is 5.91 Å². The largest absolute Gasteiger partial charge is 0.294 e. The number of halogens is 5. The van der Waals surface area contributed by atoms with Gasteiger partial charge in [-0.3, -0.25) is 9.59 Å². The van der Waals surface area contributed by atoms with Gasteiger partial charge >= 0.3 is 0 Å². The summed E-state index contributed by atoms with van der Waals surface area (Å²) in [6.45, 7) is 3.41. The quantitative estimate of drug-likeness (QED) is 0.277. The third-order valence-corrected chi connectivity index (χ3v) is 5.13. The molecule has 0 unspecified atom stereocenters. The van der Waals surface area contributed by atoms with Gasteiger partial charge in [0.05, 0.1) is 5.54 Å². The van der Waals surface area contributed by atoms with Crippen molar-refractivity contribution in [2.75, 3.05) is 0 Å². The van der Waals surface area contributed by atoms with E-state index in [2.05, 4.69) is 0 Å². The van der Waals surface area contributed by atoms with Gasteiger partial charge in [0.1, 0.15) is 0 Å². The van der Waals surface area contributed by atoms with Gasteiger partial charge in [-0.25, -0.2) is 0 Å². The Morgan fingerprint density at radius 3 is 2.07 bits per heavy atom. The summed E-state index contributed by atoms with van der Waals surface area (Å²) in [7, 11) is 0. The lowest BCUT2D eigenvalue weighted by molar-refractivity contribution is 0.0374. The molecule has 0 atom stereocenters. The van der Waals surface area contributed by atoms with Crippen LogP contribution < -0.4 is 0 Å². The normalized spacial score (nSPS) is 11.1. The van der Waals surface area contributed by atoms with E-state index in [1.165, 1.54) is 6.07 Å². The van der Waals surface area contributed by atoms with E-state index in [4.69, 9.17) is 46.8 Å². The average molecular weight is 471 g/mol. The summed E-state index contributed by atoms with van der Waals surface area (Å²) in [5, 5.41) is 0.943. The molecular formula is C18H17Cl5N2O2. The zero-order valence-electron chi connectivity index (χ0n) is 14.5. The minimum atomic E-state index is -0.936. The molecule has 0 aliphatic rings. The number of amides is 1. The van der Waals surface area contributed by atoms with Crippen molar-refractivity contribution in [1.29, 1.82) is 0 Å². The number of carbonyl (C=O) groups excluding carboxylic acids is 2. The Bertz CT molecular complexity index is 812. The maximum Gasteiger partial charge on any atom is 0.284 e. The number of nitrogens with zero attached hydrogens (tertiary/aromatic N) is 2. The van der Waals surface area contributed by atoms with Gasteiger partial charge in [0, 0.05) is 51.1 Å². The van der Waals surface area contributed by atoms with Crippen molar-refractivity contribution in [3.8, 4) is 0 Å². The molecule has 0 aromatic heterocycles. The molecule has 0 fully saturated rings. The van der Waals surface area contributed by atoms with Crippen LogP contribution in [0.15, 0.2) is 48.5 Å². The van der Waals surface area contributed by atoms with Crippen molar-refractivity contribution in [3.63, 3.8) is 0 Å². The molecule has 2 aromatic rings. The standard InChI is InChI=1S/C18H16Cl4N2O2.ClH/c1-18(2,11-16(25)12-6-8-14(19)9-7-12)24(22)23(21)17(26)13-4-3-5-15(20)10-13;/h3-10H,11H2,1-2H3;1H. The van der Waals surface area contributed by atoms with Crippen LogP contribution in [0.5, 0.6) is 0 Å². The summed E-state index contributed by atoms with van der Waals surface area (Å²) in [5.41, 5.74) is -0.165. The number of Topliss-reactive ketones (excluding diaryl/α,β-unsaturated/α-hetero) is 1. The fraction of sp³-hybridized carbons (Fsp3) is 0.222. The zero-order chi connectivity index (χ0) is 19.5. The fourth-order valence-corrected chi connectivity index (χ4v) is 2.99. The lowest BCUT2D eigenvalue weighted by Gasteiger charge is -2.35. The van der Waals surface area contributed by atoms with Crippen molar-refractivity contribution in [3.05, 3.63) is 69.7 Å². The molecule has 1 amide bonds. The van der Waals surface area contributed by atoms with Crippen LogP contribution in [0.25, 0.3) is 0 Å². The molecule has 0 saturated carbocycles. The second-order valence-electron chi connectivity index (χ2n) is 6.25. The van der Waals surface area contributed by atoms with Crippen LogP contribution in [-0.4, -0.2) is 26.3 Å². The Labute approximate surface area is 184 Å². The molecule has 0 spiro atoms. The van der Waals surface area contributed by atoms with E-state index in [1.54, 1.807) is 56.3 Å². The van der Waals surface area contributed by atoms with Crippen LogP contribution in [0.1, 0.15) is 41.0 Å². The fourth-order valence-electron chi connectivity index (χ4n) is 2.24. The molecule has 9 heteroatoms. The topological polar surface area (TPSA) is 40.6 Å². The third-order valence-electron chi connectivity index (χ3n) is 3.65. The van der Waals surface area contributed by atoms with Gasteiger partial charge in [0.15, 0.2) is 5.78 Å².